The highest BCUT2D eigenvalue weighted by atomic mass is 32.2. The van der Waals surface area contributed by atoms with Crippen LogP contribution < -0.4 is 5.32 Å². The summed E-state index contributed by atoms with van der Waals surface area (Å²) in [5, 5.41) is 3.55. The fourth-order valence-electron chi connectivity index (χ4n) is 3.34. The molecular formula is C15H20FNO2S. The van der Waals surface area contributed by atoms with E-state index in [0.717, 1.165) is 12.8 Å². The van der Waals surface area contributed by atoms with Crippen molar-refractivity contribution in [2.24, 2.45) is 0 Å². The van der Waals surface area contributed by atoms with Crippen molar-refractivity contribution in [1.29, 1.82) is 0 Å². The Kier molecular flexibility index (Phi) is 3.82. The molecule has 0 bridgehead atoms. The maximum atomic E-state index is 13.5. The first-order valence-electron chi connectivity index (χ1n) is 7.34. The molecule has 1 atom stereocenters. The van der Waals surface area contributed by atoms with Gasteiger partial charge in [0.25, 0.3) is 0 Å². The van der Waals surface area contributed by atoms with E-state index in [1.165, 1.54) is 37.5 Å². The number of halogens is 1. The van der Waals surface area contributed by atoms with Gasteiger partial charge in [0.1, 0.15) is 5.82 Å². The smallest absolute Gasteiger partial charge is 0.178 e. The first kappa shape index (κ1) is 14.0. The maximum absolute atomic E-state index is 13.5. The number of nitrogens with one attached hydrogen (secondary N) is 1. The molecule has 2 aliphatic rings. The average Bonchev–Trinajstić information content (AvgIpc) is 2.43. The molecule has 1 N–H and O–H groups in total. The molecular weight excluding hydrogens is 277 g/mol. The summed E-state index contributed by atoms with van der Waals surface area (Å²) in [6.07, 6.45) is 6.52. The van der Waals surface area contributed by atoms with Crippen molar-refractivity contribution in [2.45, 2.75) is 55.5 Å². The van der Waals surface area contributed by atoms with Gasteiger partial charge in [0.05, 0.1) is 10.6 Å². The summed E-state index contributed by atoms with van der Waals surface area (Å²) in [7, 11) is -3.24. The molecule has 1 unspecified atom stereocenters. The molecule has 110 valence electrons. The zero-order valence-electron chi connectivity index (χ0n) is 11.4. The van der Waals surface area contributed by atoms with Crippen LogP contribution in [0.25, 0.3) is 0 Å². The molecule has 0 spiro atoms. The standard InChI is InChI=1S/C15H20FNO2S/c16-11-6-7-15-13(10-11)14(8-9-20(15,18)19)17-12-4-2-1-3-5-12/h6-7,10,12,14,17H,1-5,8-9H2. The van der Waals surface area contributed by atoms with Gasteiger partial charge in [-0.1, -0.05) is 19.3 Å². The van der Waals surface area contributed by atoms with Crippen LogP contribution in [0.3, 0.4) is 0 Å². The first-order valence-corrected chi connectivity index (χ1v) is 9.00. The third-order valence-corrected chi connectivity index (χ3v) is 6.21. The molecule has 1 saturated carbocycles. The van der Waals surface area contributed by atoms with Gasteiger partial charge >= 0.3 is 0 Å². The first-order chi connectivity index (χ1) is 9.56. The van der Waals surface area contributed by atoms with E-state index in [1.807, 2.05) is 0 Å². The topological polar surface area (TPSA) is 46.2 Å². The van der Waals surface area contributed by atoms with Crippen LogP contribution in [0.4, 0.5) is 4.39 Å². The van der Waals surface area contributed by atoms with Gasteiger partial charge in [-0.3, -0.25) is 0 Å². The lowest BCUT2D eigenvalue weighted by Crippen LogP contribution is -2.37. The average molecular weight is 297 g/mol. The number of hydrogen-bond acceptors (Lipinski definition) is 3. The molecule has 1 aromatic carbocycles. The lowest BCUT2D eigenvalue weighted by Gasteiger charge is -2.32. The minimum absolute atomic E-state index is 0.0349. The van der Waals surface area contributed by atoms with Gasteiger partial charge in [-0.2, -0.15) is 0 Å². The molecule has 3 rings (SSSR count). The summed E-state index contributed by atoms with van der Waals surface area (Å²) in [5.74, 6) is -0.216. The van der Waals surface area contributed by atoms with Crippen LogP contribution in [-0.4, -0.2) is 20.2 Å². The quantitative estimate of drug-likeness (QED) is 0.854. The van der Waals surface area contributed by atoms with Gasteiger partial charge in [0.2, 0.25) is 0 Å². The summed E-state index contributed by atoms with van der Waals surface area (Å²) in [5.41, 5.74) is 0.613. The van der Waals surface area contributed by atoms with Crippen LogP contribution in [0, 0.1) is 5.82 Å². The Labute approximate surface area is 119 Å². The number of sulfone groups is 1. The molecule has 1 aliphatic heterocycles. The van der Waals surface area contributed by atoms with Gasteiger partial charge in [-0.25, -0.2) is 12.8 Å². The summed E-state index contributed by atoms with van der Waals surface area (Å²) >= 11 is 0. The van der Waals surface area contributed by atoms with E-state index in [4.69, 9.17) is 0 Å². The molecule has 0 aromatic heterocycles. The Bertz CT molecular complexity index is 594. The van der Waals surface area contributed by atoms with E-state index in [-0.39, 0.29) is 17.6 Å². The summed E-state index contributed by atoms with van der Waals surface area (Å²) in [4.78, 5) is 0.304. The number of rotatable bonds is 2. The molecule has 0 saturated heterocycles. The van der Waals surface area contributed by atoms with Crippen LogP contribution >= 0.6 is 0 Å². The van der Waals surface area contributed by atoms with E-state index in [9.17, 15) is 12.8 Å². The second-order valence-corrected chi connectivity index (χ2v) is 7.92. The van der Waals surface area contributed by atoms with Gasteiger partial charge in [-0.05, 0) is 43.0 Å². The normalized spacial score (nSPS) is 26.1. The SMILES string of the molecule is O=S1(=O)CCC(NC2CCCCC2)c2cc(F)ccc21. The molecule has 3 nitrogen and oxygen atoms in total. The number of fused-ring (bicyclic) bond motifs is 1. The minimum Gasteiger partial charge on any atom is -0.307 e. The zero-order valence-corrected chi connectivity index (χ0v) is 12.3. The van der Waals surface area contributed by atoms with Gasteiger partial charge < -0.3 is 5.32 Å². The monoisotopic (exact) mass is 297 g/mol. The van der Waals surface area contributed by atoms with Crippen molar-refractivity contribution >= 4 is 9.84 Å². The molecule has 1 aromatic rings. The highest BCUT2D eigenvalue weighted by molar-refractivity contribution is 7.91. The number of hydrogen-bond donors (Lipinski definition) is 1. The molecule has 1 fully saturated rings. The van der Waals surface area contributed by atoms with E-state index < -0.39 is 9.84 Å². The Morgan fingerprint density at radius 1 is 1.10 bits per heavy atom. The Morgan fingerprint density at radius 3 is 2.60 bits per heavy atom. The lowest BCUT2D eigenvalue weighted by atomic mass is 9.93. The summed E-state index contributed by atoms with van der Waals surface area (Å²) in [6.45, 7) is 0. The van der Waals surface area contributed by atoms with E-state index in [0.29, 0.717) is 22.9 Å². The van der Waals surface area contributed by atoms with Gasteiger partial charge in [0, 0.05) is 12.1 Å². The molecule has 0 amide bonds. The fourth-order valence-corrected chi connectivity index (χ4v) is 4.94. The van der Waals surface area contributed by atoms with Gasteiger partial charge in [-0.15, -0.1) is 0 Å². The highest BCUT2D eigenvalue weighted by Gasteiger charge is 2.31. The predicted octanol–water partition coefficient (Wildman–Crippen LogP) is 2.97. The predicted molar refractivity (Wildman–Crippen MR) is 75.8 cm³/mol. The van der Waals surface area contributed by atoms with Crippen LogP contribution in [0.15, 0.2) is 23.1 Å². The number of benzene rings is 1. The van der Waals surface area contributed by atoms with Crippen molar-refractivity contribution in [3.8, 4) is 0 Å². The van der Waals surface area contributed by atoms with Crippen LogP contribution in [0.5, 0.6) is 0 Å². The summed E-state index contributed by atoms with van der Waals surface area (Å²) in [6, 6.07) is 4.43. The second-order valence-electron chi connectivity index (χ2n) is 5.84. The Hall–Kier alpha value is -0.940. The van der Waals surface area contributed by atoms with Crippen molar-refractivity contribution in [3.63, 3.8) is 0 Å². The lowest BCUT2D eigenvalue weighted by molar-refractivity contribution is 0.330. The largest absolute Gasteiger partial charge is 0.307 e. The van der Waals surface area contributed by atoms with Crippen molar-refractivity contribution < 1.29 is 12.8 Å². The zero-order chi connectivity index (χ0) is 14.2. The maximum Gasteiger partial charge on any atom is 0.178 e. The second kappa shape index (κ2) is 5.45. The third kappa shape index (κ3) is 2.74. The van der Waals surface area contributed by atoms with Crippen molar-refractivity contribution in [3.05, 3.63) is 29.6 Å². The fraction of sp³-hybridized carbons (Fsp3) is 0.600. The van der Waals surface area contributed by atoms with Crippen molar-refractivity contribution in [2.75, 3.05) is 5.75 Å². The molecule has 20 heavy (non-hydrogen) atoms. The Morgan fingerprint density at radius 2 is 1.85 bits per heavy atom. The van der Waals surface area contributed by atoms with E-state index in [2.05, 4.69) is 5.32 Å². The summed E-state index contributed by atoms with van der Waals surface area (Å²) < 4.78 is 37.6. The van der Waals surface area contributed by atoms with E-state index in [1.54, 1.807) is 0 Å². The van der Waals surface area contributed by atoms with Crippen LogP contribution in [0.1, 0.15) is 50.1 Å². The highest BCUT2D eigenvalue weighted by Crippen LogP contribution is 2.34. The molecule has 1 heterocycles. The molecule has 5 heteroatoms. The van der Waals surface area contributed by atoms with Crippen LogP contribution in [-0.2, 0) is 9.84 Å². The van der Waals surface area contributed by atoms with Crippen molar-refractivity contribution in [1.82, 2.24) is 5.32 Å². The van der Waals surface area contributed by atoms with Crippen LogP contribution in [0.2, 0.25) is 0 Å². The Balaban J connectivity index is 1.88. The minimum atomic E-state index is -3.24. The molecule has 0 radical (unpaired) electrons. The van der Waals surface area contributed by atoms with E-state index >= 15 is 0 Å². The molecule has 1 aliphatic carbocycles. The van der Waals surface area contributed by atoms with Gasteiger partial charge in [0.15, 0.2) is 9.84 Å². The third-order valence-electron chi connectivity index (χ3n) is 4.40.